The standard InChI is InChI=1S/C11H14N6O2S/c12-9-8(20-11(16-9)15-6-1-2-6)10(18)13-4-3-7-14-5-19-17-7/h5-6H,1-4,12H2,(H,13,18)(H,15,16). The van der Waals surface area contributed by atoms with Gasteiger partial charge in [0.1, 0.15) is 10.7 Å². The van der Waals surface area contributed by atoms with E-state index in [-0.39, 0.29) is 11.7 Å². The van der Waals surface area contributed by atoms with Crippen molar-refractivity contribution < 1.29 is 9.32 Å². The van der Waals surface area contributed by atoms with Crippen LogP contribution in [0.2, 0.25) is 0 Å². The summed E-state index contributed by atoms with van der Waals surface area (Å²) in [4.78, 5) is 20.5. The summed E-state index contributed by atoms with van der Waals surface area (Å²) >= 11 is 1.27. The van der Waals surface area contributed by atoms with Crippen LogP contribution in [0.3, 0.4) is 0 Å². The number of hydrogen-bond acceptors (Lipinski definition) is 8. The predicted octanol–water partition coefficient (Wildman–Crippen LogP) is 0.655. The summed E-state index contributed by atoms with van der Waals surface area (Å²) < 4.78 is 4.61. The van der Waals surface area contributed by atoms with Crippen LogP contribution in [0.25, 0.3) is 0 Å². The highest BCUT2D eigenvalue weighted by Crippen LogP contribution is 2.30. The van der Waals surface area contributed by atoms with Gasteiger partial charge in [-0.2, -0.15) is 4.98 Å². The van der Waals surface area contributed by atoms with Gasteiger partial charge in [-0.1, -0.05) is 16.5 Å². The topological polar surface area (TPSA) is 119 Å². The molecule has 0 atom stereocenters. The number of nitrogen functional groups attached to an aromatic ring is 1. The average molecular weight is 294 g/mol. The Bertz CT molecular complexity index is 592. The Labute approximate surface area is 118 Å². The normalized spacial score (nSPS) is 14.2. The number of aromatic nitrogens is 3. The first-order chi connectivity index (χ1) is 9.72. The summed E-state index contributed by atoms with van der Waals surface area (Å²) in [5.74, 6) is 0.584. The molecule has 1 aliphatic rings. The van der Waals surface area contributed by atoms with Crippen LogP contribution in [-0.2, 0) is 6.42 Å². The fourth-order valence-corrected chi connectivity index (χ4v) is 2.51. The third-order valence-electron chi connectivity index (χ3n) is 2.81. The number of carbonyl (C=O) groups is 1. The van der Waals surface area contributed by atoms with Gasteiger partial charge in [0.2, 0.25) is 6.39 Å². The highest BCUT2D eigenvalue weighted by atomic mass is 32.1. The Morgan fingerprint density at radius 2 is 2.40 bits per heavy atom. The molecular formula is C11H14N6O2S. The van der Waals surface area contributed by atoms with E-state index < -0.39 is 0 Å². The van der Waals surface area contributed by atoms with E-state index in [1.54, 1.807) is 0 Å². The number of rotatable bonds is 6. The number of nitrogens with two attached hydrogens (primary N) is 1. The molecule has 2 aromatic rings. The zero-order valence-corrected chi connectivity index (χ0v) is 11.4. The van der Waals surface area contributed by atoms with Crippen LogP contribution in [-0.4, -0.2) is 33.6 Å². The van der Waals surface area contributed by atoms with Gasteiger partial charge < -0.3 is 20.9 Å². The molecule has 3 rings (SSSR count). The maximum absolute atomic E-state index is 12.0. The zero-order valence-electron chi connectivity index (χ0n) is 10.6. The van der Waals surface area contributed by atoms with Gasteiger partial charge in [0.05, 0.1) is 0 Å². The Balaban J connectivity index is 1.54. The van der Waals surface area contributed by atoms with E-state index in [9.17, 15) is 4.79 Å². The van der Waals surface area contributed by atoms with E-state index in [0.717, 1.165) is 12.8 Å². The third kappa shape index (κ3) is 3.05. The maximum atomic E-state index is 12.0. The summed E-state index contributed by atoms with van der Waals surface area (Å²) in [5, 5.41) is 10.4. The van der Waals surface area contributed by atoms with Crippen LogP contribution in [0.1, 0.15) is 28.3 Å². The average Bonchev–Trinajstić information content (AvgIpc) is 2.94. The van der Waals surface area contributed by atoms with E-state index in [1.165, 1.54) is 17.7 Å². The lowest BCUT2D eigenvalue weighted by Crippen LogP contribution is -2.25. The second-order valence-electron chi connectivity index (χ2n) is 4.51. The van der Waals surface area contributed by atoms with Gasteiger partial charge in [-0.15, -0.1) is 0 Å². The molecule has 0 radical (unpaired) electrons. The van der Waals surface area contributed by atoms with Crippen molar-refractivity contribution in [3.05, 3.63) is 17.1 Å². The van der Waals surface area contributed by atoms with E-state index in [4.69, 9.17) is 5.73 Å². The van der Waals surface area contributed by atoms with E-state index in [1.807, 2.05) is 0 Å². The largest absolute Gasteiger partial charge is 0.382 e. The third-order valence-corrected chi connectivity index (χ3v) is 3.81. The second kappa shape index (κ2) is 5.45. The van der Waals surface area contributed by atoms with Crippen LogP contribution in [0, 0.1) is 0 Å². The van der Waals surface area contributed by atoms with Crippen molar-refractivity contribution in [2.75, 3.05) is 17.6 Å². The molecular weight excluding hydrogens is 280 g/mol. The molecule has 1 aliphatic carbocycles. The molecule has 8 nitrogen and oxygen atoms in total. The van der Waals surface area contributed by atoms with Crippen molar-refractivity contribution >= 4 is 28.2 Å². The Morgan fingerprint density at radius 3 is 3.10 bits per heavy atom. The van der Waals surface area contributed by atoms with Gasteiger partial charge in [0.15, 0.2) is 11.0 Å². The lowest BCUT2D eigenvalue weighted by Gasteiger charge is -2.01. The molecule has 4 N–H and O–H groups in total. The van der Waals surface area contributed by atoms with Crippen LogP contribution in [0.15, 0.2) is 10.9 Å². The molecule has 0 bridgehead atoms. The number of nitrogens with zero attached hydrogens (tertiary/aromatic N) is 3. The summed E-state index contributed by atoms with van der Waals surface area (Å²) in [5.41, 5.74) is 5.76. The first-order valence-corrected chi connectivity index (χ1v) is 7.10. The quantitative estimate of drug-likeness (QED) is 0.715. The summed E-state index contributed by atoms with van der Waals surface area (Å²) in [6, 6.07) is 0.481. The van der Waals surface area contributed by atoms with Crippen LogP contribution < -0.4 is 16.4 Å². The number of hydrogen-bond donors (Lipinski definition) is 3. The van der Waals surface area contributed by atoms with E-state index in [0.29, 0.717) is 34.8 Å². The fraction of sp³-hybridized carbons (Fsp3) is 0.455. The van der Waals surface area contributed by atoms with Crippen LogP contribution >= 0.6 is 11.3 Å². The molecule has 1 saturated carbocycles. The minimum absolute atomic E-state index is 0.229. The molecule has 0 aromatic carbocycles. The number of thiazole rings is 1. The number of carbonyl (C=O) groups excluding carboxylic acids is 1. The minimum atomic E-state index is -0.229. The molecule has 9 heteroatoms. The van der Waals surface area contributed by atoms with Crippen molar-refractivity contribution in [2.24, 2.45) is 0 Å². The van der Waals surface area contributed by atoms with Gasteiger partial charge in [0, 0.05) is 19.0 Å². The second-order valence-corrected chi connectivity index (χ2v) is 5.50. The molecule has 0 saturated heterocycles. The smallest absolute Gasteiger partial charge is 0.265 e. The van der Waals surface area contributed by atoms with E-state index >= 15 is 0 Å². The molecule has 0 unspecified atom stereocenters. The highest BCUT2D eigenvalue weighted by molar-refractivity contribution is 7.18. The lowest BCUT2D eigenvalue weighted by molar-refractivity contribution is 0.0958. The SMILES string of the molecule is Nc1nc(NC2CC2)sc1C(=O)NCCc1ncon1. The maximum Gasteiger partial charge on any atom is 0.265 e. The Morgan fingerprint density at radius 1 is 1.55 bits per heavy atom. The van der Waals surface area contributed by atoms with Crippen LogP contribution in [0.4, 0.5) is 10.9 Å². The van der Waals surface area contributed by atoms with Gasteiger partial charge in [-0.05, 0) is 12.8 Å². The molecule has 20 heavy (non-hydrogen) atoms. The van der Waals surface area contributed by atoms with Crippen LogP contribution in [0.5, 0.6) is 0 Å². The molecule has 1 amide bonds. The van der Waals surface area contributed by atoms with Gasteiger partial charge in [0.25, 0.3) is 5.91 Å². The molecule has 2 heterocycles. The number of anilines is 2. The fourth-order valence-electron chi connectivity index (χ4n) is 1.63. The molecule has 2 aromatic heterocycles. The van der Waals surface area contributed by atoms with Crippen molar-refractivity contribution in [2.45, 2.75) is 25.3 Å². The first kappa shape index (κ1) is 12.9. The van der Waals surface area contributed by atoms with Crippen molar-refractivity contribution in [3.8, 4) is 0 Å². The lowest BCUT2D eigenvalue weighted by atomic mass is 10.4. The molecule has 1 fully saturated rings. The summed E-state index contributed by atoms with van der Waals surface area (Å²) in [6.45, 7) is 0.418. The number of amides is 1. The van der Waals surface area contributed by atoms with Crippen molar-refractivity contribution in [1.29, 1.82) is 0 Å². The minimum Gasteiger partial charge on any atom is -0.382 e. The van der Waals surface area contributed by atoms with Gasteiger partial charge >= 0.3 is 0 Å². The highest BCUT2D eigenvalue weighted by Gasteiger charge is 2.24. The predicted molar refractivity (Wildman–Crippen MR) is 73.5 cm³/mol. The van der Waals surface area contributed by atoms with Gasteiger partial charge in [-0.3, -0.25) is 4.79 Å². The Hall–Kier alpha value is -2.16. The summed E-state index contributed by atoms with van der Waals surface area (Å²) in [6.07, 6.45) is 4.06. The van der Waals surface area contributed by atoms with Crippen molar-refractivity contribution in [3.63, 3.8) is 0 Å². The zero-order chi connectivity index (χ0) is 13.9. The number of nitrogens with one attached hydrogen (secondary N) is 2. The van der Waals surface area contributed by atoms with Crippen molar-refractivity contribution in [1.82, 2.24) is 20.4 Å². The monoisotopic (exact) mass is 294 g/mol. The summed E-state index contributed by atoms with van der Waals surface area (Å²) in [7, 11) is 0. The van der Waals surface area contributed by atoms with E-state index in [2.05, 4.69) is 30.3 Å². The molecule has 0 spiro atoms. The van der Waals surface area contributed by atoms with Gasteiger partial charge in [-0.25, -0.2) is 4.98 Å². The molecule has 0 aliphatic heterocycles. The molecule has 106 valence electrons. The first-order valence-electron chi connectivity index (χ1n) is 6.28. The Kier molecular flexibility index (Phi) is 3.50.